The van der Waals surface area contributed by atoms with Gasteiger partial charge in [0.25, 0.3) is 0 Å². The quantitative estimate of drug-likeness (QED) is 0.791. The first-order chi connectivity index (χ1) is 10.2. The number of hydrogen-bond acceptors (Lipinski definition) is 2. The Labute approximate surface area is 132 Å². The summed E-state index contributed by atoms with van der Waals surface area (Å²) in [5.41, 5.74) is 2.78. The zero-order valence-electron chi connectivity index (χ0n) is 11.3. The number of aliphatic hydroxyl groups is 1. The third-order valence-electron chi connectivity index (χ3n) is 3.45. The Hall–Kier alpha value is -1.55. The first kappa shape index (κ1) is 14.4. The summed E-state index contributed by atoms with van der Waals surface area (Å²) in [6.07, 6.45) is 0.497. The number of rotatable bonds is 4. The first-order valence-corrected chi connectivity index (χ1v) is 7.44. The molecule has 0 aliphatic rings. The maximum Gasteiger partial charge on any atom is 0.112 e. The Balaban J connectivity index is 2.12. The van der Waals surface area contributed by atoms with Crippen molar-refractivity contribution in [3.05, 3.63) is 63.9 Å². The van der Waals surface area contributed by atoms with Crippen LogP contribution in [0.2, 0.25) is 10.0 Å². The number of imidazole rings is 1. The van der Waals surface area contributed by atoms with Gasteiger partial charge in [0.05, 0.1) is 24.2 Å². The Bertz CT molecular complexity index is 763. The minimum absolute atomic E-state index is 0.0551. The summed E-state index contributed by atoms with van der Waals surface area (Å²) in [6, 6.07) is 13.4. The minimum atomic E-state index is 0.0551. The number of hydrogen-bond donors (Lipinski definition) is 1. The molecule has 0 spiro atoms. The molecular weight excluding hydrogens is 307 g/mol. The van der Waals surface area contributed by atoms with Gasteiger partial charge in [-0.05, 0) is 24.3 Å². The van der Waals surface area contributed by atoms with E-state index in [2.05, 4.69) is 9.55 Å². The molecule has 0 amide bonds. The van der Waals surface area contributed by atoms with Crippen molar-refractivity contribution in [2.45, 2.75) is 13.0 Å². The highest BCUT2D eigenvalue weighted by Crippen LogP contribution is 2.27. The second-order valence-electron chi connectivity index (χ2n) is 4.78. The average Bonchev–Trinajstić information content (AvgIpc) is 2.81. The molecule has 1 aromatic heterocycles. The number of halogens is 2. The van der Waals surface area contributed by atoms with E-state index >= 15 is 0 Å². The van der Waals surface area contributed by atoms with Gasteiger partial charge < -0.3 is 9.67 Å². The number of aromatic nitrogens is 2. The van der Waals surface area contributed by atoms with Crippen molar-refractivity contribution in [1.29, 1.82) is 0 Å². The predicted molar refractivity (Wildman–Crippen MR) is 86.1 cm³/mol. The van der Waals surface area contributed by atoms with Crippen LogP contribution in [0.5, 0.6) is 0 Å². The zero-order valence-corrected chi connectivity index (χ0v) is 12.8. The van der Waals surface area contributed by atoms with Crippen LogP contribution in [-0.2, 0) is 13.0 Å². The van der Waals surface area contributed by atoms with Crippen molar-refractivity contribution in [1.82, 2.24) is 9.55 Å². The van der Waals surface area contributed by atoms with E-state index in [0.717, 1.165) is 22.4 Å². The fraction of sp³-hybridized carbons (Fsp3) is 0.188. The van der Waals surface area contributed by atoms with Crippen molar-refractivity contribution >= 4 is 34.2 Å². The second kappa shape index (κ2) is 6.06. The van der Waals surface area contributed by atoms with Crippen molar-refractivity contribution in [2.75, 3.05) is 6.61 Å². The molecule has 108 valence electrons. The third-order valence-corrected chi connectivity index (χ3v) is 4.16. The van der Waals surface area contributed by atoms with Crippen LogP contribution >= 0.6 is 23.2 Å². The SMILES string of the molecule is OCCc1nc2ccccc2n1Cc1c(Cl)cccc1Cl. The number of aliphatic hydroxyl groups excluding tert-OH is 1. The molecule has 2 aromatic carbocycles. The molecule has 0 radical (unpaired) electrons. The Morgan fingerprint density at radius 1 is 1.00 bits per heavy atom. The second-order valence-corrected chi connectivity index (χ2v) is 5.59. The maximum atomic E-state index is 9.24. The normalized spacial score (nSPS) is 11.2. The van der Waals surface area contributed by atoms with E-state index in [1.54, 1.807) is 0 Å². The topological polar surface area (TPSA) is 38.1 Å². The Kier molecular flexibility index (Phi) is 4.15. The molecule has 0 aliphatic carbocycles. The van der Waals surface area contributed by atoms with Crippen LogP contribution in [0.3, 0.4) is 0 Å². The molecule has 0 aliphatic heterocycles. The summed E-state index contributed by atoms with van der Waals surface area (Å²) in [5.74, 6) is 0.828. The lowest BCUT2D eigenvalue weighted by Gasteiger charge is -2.11. The van der Waals surface area contributed by atoms with E-state index in [-0.39, 0.29) is 6.61 Å². The molecule has 3 aromatic rings. The van der Waals surface area contributed by atoms with Crippen molar-refractivity contribution in [2.24, 2.45) is 0 Å². The van der Waals surface area contributed by atoms with E-state index in [1.165, 1.54) is 0 Å². The summed E-state index contributed by atoms with van der Waals surface area (Å²) in [5, 5.41) is 10.5. The van der Waals surface area contributed by atoms with Crippen LogP contribution in [0, 0.1) is 0 Å². The van der Waals surface area contributed by atoms with Gasteiger partial charge in [0.1, 0.15) is 5.82 Å². The largest absolute Gasteiger partial charge is 0.396 e. The van der Waals surface area contributed by atoms with E-state index in [9.17, 15) is 5.11 Å². The molecule has 3 rings (SSSR count). The molecule has 5 heteroatoms. The summed E-state index contributed by atoms with van der Waals surface area (Å²) in [7, 11) is 0. The van der Waals surface area contributed by atoms with Crippen molar-refractivity contribution in [3.63, 3.8) is 0 Å². The standard InChI is InChI=1S/C16H14Cl2N2O/c17-12-4-3-5-13(18)11(12)10-20-15-7-2-1-6-14(15)19-16(20)8-9-21/h1-7,21H,8-10H2. The van der Waals surface area contributed by atoms with E-state index < -0.39 is 0 Å². The number of benzene rings is 2. The predicted octanol–water partition coefficient (Wildman–Crippen LogP) is 3.93. The first-order valence-electron chi connectivity index (χ1n) is 6.68. The molecule has 0 bridgehead atoms. The molecule has 0 fully saturated rings. The van der Waals surface area contributed by atoms with Gasteiger partial charge in [0.2, 0.25) is 0 Å². The van der Waals surface area contributed by atoms with Gasteiger partial charge in [-0.25, -0.2) is 4.98 Å². The molecule has 1 N–H and O–H groups in total. The lowest BCUT2D eigenvalue weighted by atomic mass is 10.2. The van der Waals surface area contributed by atoms with E-state index in [4.69, 9.17) is 23.2 Å². The van der Waals surface area contributed by atoms with Gasteiger partial charge >= 0.3 is 0 Å². The number of para-hydroxylation sites is 2. The van der Waals surface area contributed by atoms with Crippen molar-refractivity contribution < 1.29 is 5.11 Å². The highest BCUT2D eigenvalue weighted by atomic mass is 35.5. The fourth-order valence-corrected chi connectivity index (χ4v) is 2.95. The van der Waals surface area contributed by atoms with Gasteiger partial charge in [0.15, 0.2) is 0 Å². The fourth-order valence-electron chi connectivity index (χ4n) is 2.43. The van der Waals surface area contributed by atoms with E-state index in [1.807, 2.05) is 42.5 Å². The van der Waals surface area contributed by atoms with Crippen molar-refractivity contribution in [3.8, 4) is 0 Å². The van der Waals surface area contributed by atoms with E-state index in [0.29, 0.717) is 23.0 Å². The van der Waals surface area contributed by atoms with Gasteiger partial charge in [0, 0.05) is 22.0 Å². The molecule has 1 heterocycles. The molecular formula is C16H14Cl2N2O. The molecule has 0 saturated carbocycles. The summed E-state index contributed by atoms with van der Waals surface area (Å²) < 4.78 is 2.05. The summed E-state index contributed by atoms with van der Waals surface area (Å²) >= 11 is 12.5. The maximum absolute atomic E-state index is 9.24. The van der Waals surface area contributed by atoms with Crippen LogP contribution in [0.25, 0.3) is 11.0 Å². The van der Waals surface area contributed by atoms with Crippen LogP contribution in [0.4, 0.5) is 0 Å². The van der Waals surface area contributed by atoms with Gasteiger partial charge in [-0.3, -0.25) is 0 Å². The Morgan fingerprint density at radius 2 is 1.71 bits per heavy atom. The smallest absolute Gasteiger partial charge is 0.112 e. The van der Waals surface area contributed by atoms with Gasteiger partial charge in [-0.2, -0.15) is 0 Å². The van der Waals surface area contributed by atoms with Crippen LogP contribution in [0.15, 0.2) is 42.5 Å². The number of fused-ring (bicyclic) bond motifs is 1. The van der Waals surface area contributed by atoms with Gasteiger partial charge in [-0.1, -0.05) is 41.4 Å². The third kappa shape index (κ3) is 2.77. The lowest BCUT2D eigenvalue weighted by Crippen LogP contribution is -2.07. The molecule has 21 heavy (non-hydrogen) atoms. The monoisotopic (exact) mass is 320 g/mol. The highest BCUT2D eigenvalue weighted by molar-refractivity contribution is 6.36. The minimum Gasteiger partial charge on any atom is -0.396 e. The molecule has 0 atom stereocenters. The molecule has 0 saturated heterocycles. The highest BCUT2D eigenvalue weighted by Gasteiger charge is 2.13. The van der Waals surface area contributed by atoms with Crippen LogP contribution < -0.4 is 0 Å². The van der Waals surface area contributed by atoms with Crippen LogP contribution in [0.1, 0.15) is 11.4 Å². The Morgan fingerprint density at radius 3 is 2.43 bits per heavy atom. The van der Waals surface area contributed by atoms with Crippen LogP contribution in [-0.4, -0.2) is 21.3 Å². The average molecular weight is 321 g/mol. The van der Waals surface area contributed by atoms with Gasteiger partial charge in [-0.15, -0.1) is 0 Å². The summed E-state index contributed by atoms with van der Waals surface area (Å²) in [6.45, 7) is 0.591. The zero-order chi connectivity index (χ0) is 14.8. The lowest BCUT2D eigenvalue weighted by molar-refractivity contribution is 0.295. The molecule has 3 nitrogen and oxygen atoms in total. The summed E-state index contributed by atoms with van der Waals surface area (Å²) in [4.78, 5) is 4.57. The molecule has 0 unspecified atom stereocenters. The number of nitrogens with zero attached hydrogens (tertiary/aromatic N) is 2.